The van der Waals surface area contributed by atoms with Crippen molar-refractivity contribution in [1.82, 2.24) is 19.7 Å². The van der Waals surface area contributed by atoms with Gasteiger partial charge < -0.3 is 24.7 Å². The number of esters is 1. The molecule has 0 saturated carbocycles. The number of likely N-dealkylation sites (tertiary alicyclic amines) is 1. The number of nitrogens with one attached hydrogen (secondary N) is 2. The second-order valence-corrected chi connectivity index (χ2v) is 11.3. The van der Waals surface area contributed by atoms with E-state index < -0.39 is 11.6 Å². The van der Waals surface area contributed by atoms with Crippen LogP contribution in [-0.2, 0) is 19.8 Å². The molecule has 2 fully saturated rings. The van der Waals surface area contributed by atoms with Crippen molar-refractivity contribution in [2.24, 2.45) is 5.92 Å². The Hall–Kier alpha value is -3.66. The predicted molar refractivity (Wildman–Crippen MR) is 148 cm³/mol. The number of fused-ring (bicyclic) bond motifs is 1. The Kier molecular flexibility index (Phi) is 7.48. The Bertz CT molecular complexity index is 1430. The first-order valence-electron chi connectivity index (χ1n) is 13.7. The van der Waals surface area contributed by atoms with Gasteiger partial charge >= 0.3 is 5.97 Å². The Morgan fingerprint density at radius 2 is 2.03 bits per heavy atom. The minimum atomic E-state index is -0.607. The van der Waals surface area contributed by atoms with Gasteiger partial charge in [0.25, 0.3) is 11.5 Å². The zero-order valence-electron chi connectivity index (χ0n) is 23.1. The molecule has 4 heterocycles. The van der Waals surface area contributed by atoms with Crippen LogP contribution in [0.4, 0.5) is 11.5 Å². The van der Waals surface area contributed by atoms with E-state index in [0.29, 0.717) is 41.7 Å². The summed E-state index contributed by atoms with van der Waals surface area (Å²) in [6.45, 7) is 10.1. The summed E-state index contributed by atoms with van der Waals surface area (Å²) in [5.74, 6) is 0.397. The number of rotatable bonds is 7. The van der Waals surface area contributed by atoms with Crippen LogP contribution in [0.15, 0.2) is 35.3 Å². The molecule has 39 heavy (non-hydrogen) atoms. The fraction of sp³-hybridized carbons (Fsp3) is 0.517. The Morgan fingerprint density at radius 1 is 1.26 bits per heavy atom. The lowest BCUT2D eigenvalue weighted by Crippen LogP contribution is -2.45. The Morgan fingerprint density at radius 3 is 2.69 bits per heavy atom. The lowest BCUT2D eigenvalue weighted by molar-refractivity contribution is -0.165. The maximum atomic E-state index is 12.9. The van der Waals surface area contributed by atoms with E-state index in [-0.39, 0.29) is 30.0 Å². The number of aryl methyl sites for hydroxylation is 1. The molecule has 1 unspecified atom stereocenters. The number of benzene rings is 1. The first-order valence-corrected chi connectivity index (χ1v) is 13.7. The largest absolute Gasteiger partial charge is 0.463 e. The highest BCUT2D eigenvalue weighted by Crippen LogP contribution is 2.35. The molecule has 1 aromatic carbocycles. The standard InChI is InChI=1S/C29H37N5O5/c1-18(2)16-38-28(37)23-9-11-29(4,17-39-23)34-22-10-12-30-26(35)24(22)25(32-34)31-20-7-8-21(19(3)15-20)27(36)33-13-5-6-14-33/h7-8,10,12,15,18,23H,5-6,9,11,13-14,16-17H2,1-4H3,(H,30,35)(H,31,32)/t23?,29-/m1/s1. The highest BCUT2D eigenvalue weighted by molar-refractivity contribution is 5.97. The zero-order chi connectivity index (χ0) is 27.7. The summed E-state index contributed by atoms with van der Waals surface area (Å²) in [5, 5.41) is 8.58. The minimum Gasteiger partial charge on any atom is -0.463 e. The zero-order valence-corrected chi connectivity index (χ0v) is 23.1. The molecular formula is C29H37N5O5. The number of hydrogen-bond acceptors (Lipinski definition) is 7. The SMILES string of the molecule is Cc1cc(Nc2nn([C@]3(C)CCC(C(=O)OCC(C)C)OC3)c3cc[nH]c(=O)c23)ccc1C(=O)N1CCCC1. The van der Waals surface area contributed by atoms with Crippen LogP contribution >= 0.6 is 0 Å². The number of ether oxygens (including phenoxy) is 2. The molecule has 1 amide bonds. The van der Waals surface area contributed by atoms with Crippen LogP contribution in [0.1, 0.15) is 62.4 Å². The molecule has 2 aromatic heterocycles. The number of anilines is 2. The van der Waals surface area contributed by atoms with Crippen molar-refractivity contribution in [2.45, 2.75) is 65.0 Å². The van der Waals surface area contributed by atoms with Crippen molar-refractivity contribution in [2.75, 3.05) is 31.6 Å². The van der Waals surface area contributed by atoms with Crippen LogP contribution in [0.2, 0.25) is 0 Å². The first kappa shape index (κ1) is 26.9. The number of carbonyl (C=O) groups is 2. The third-order valence-corrected chi connectivity index (χ3v) is 7.59. The third-order valence-electron chi connectivity index (χ3n) is 7.59. The number of H-pyrrole nitrogens is 1. The van der Waals surface area contributed by atoms with E-state index in [4.69, 9.17) is 14.6 Å². The van der Waals surface area contributed by atoms with Crippen LogP contribution in [0.3, 0.4) is 0 Å². The molecule has 0 radical (unpaired) electrons. The van der Waals surface area contributed by atoms with Gasteiger partial charge in [0.1, 0.15) is 5.39 Å². The number of carbonyl (C=O) groups excluding carboxylic acids is 2. The van der Waals surface area contributed by atoms with Crippen molar-refractivity contribution in [3.63, 3.8) is 0 Å². The summed E-state index contributed by atoms with van der Waals surface area (Å²) in [7, 11) is 0. The molecule has 2 aliphatic heterocycles. The van der Waals surface area contributed by atoms with Gasteiger partial charge in [0.15, 0.2) is 11.9 Å². The number of amides is 1. The van der Waals surface area contributed by atoms with Crippen molar-refractivity contribution >= 4 is 34.3 Å². The maximum absolute atomic E-state index is 12.9. The van der Waals surface area contributed by atoms with Gasteiger partial charge in [-0.15, -0.1) is 0 Å². The van der Waals surface area contributed by atoms with E-state index in [9.17, 15) is 14.4 Å². The summed E-state index contributed by atoms with van der Waals surface area (Å²) in [4.78, 5) is 42.9. The Balaban J connectivity index is 1.39. The summed E-state index contributed by atoms with van der Waals surface area (Å²) in [6.07, 6.45) is 4.21. The Labute approximate surface area is 227 Å². The molecular weight excluding hydrogens is 498 g/mol. The maximum Gasteiger partial charge on any atom is 0.335 e. The third kappa shape index (κ3) is 5.43. The molecule has 5 rings (SSSR count). The fourth-order valence-electron chi connectivity index (χ4n) is 5.36. The van der Waals surface area contributed by atoms with E-state index in [1.807, 2.05) is 61.5 Å². The molecule has 2 atom stereocenters. The number of aromatic amines is 1. The molecule has 2 saturated heterocycles. The van der Waals surface area contributed by atoms with Gasteiger partial charge in [-0.05, 0) is 75.3 Å². The van der Waals surface area contributed by atoms with Crippen molar-refractivity contribution < 1.29 is 19.1 Å². The lowest BCUT2D eigenvalue weighted by atomic mass is 9.92. The molecule has 208 valence electrons. The van der Waals surface area contributed by atoms with Gasteiger partial charge in [0.05, 0.1) is 24.3 Å². The van der Waals surface area contributed by atoms with Gasteiger partial charge in [-0.3, -0.25) is 14.3 Å². The molecule has 3 aromatic rings. The fourth-order valence-corrected chi connectivity index (χ4v) is 5.36. The van der Waals surface area contributed by atoms with E-state index in [1.165, 1.54) is 0 Å². The summed E-state index contributed by atoms with van der Waals surface area (Å²) in [6, 6.07) is 7.41. The summed E-state index contributed by atoms with van der Waals surface area (Å²) >= 11 is 0. The van der Waals surface area contributed by atoms with Crippen LogP contribution in [0, 0.1) is 12.8 Å². The molecule has 0 spiro atoms. The van der Waals surface area contributed by atoms with Crippen molar-refractivity contribution in [1.29, 1.82) is 0 Å². The van der Waals surface area contributed by atoms with Crippen LogP contribution in [0.25, 0.3) is 10.9 Å². The summed E-state index contributed by atoms with van der Waals surface area (Å²) in [5.41, 5.74) is 2.13. The van der Waals surface area contributed by atoms with Gasteiger partial charge in [-0.1, -0.05) is 13.8 Å². The number of hydrogen-bond donors (Lipinski definition) is 2. The molecule has 2 N–H and O–H groups in total. The molecule has 0 aliphatic carbocycles. The monoisotopic (exact) mass is 535 g/mol. The lowest BCUT2D eigenvalue weighted by Gasteiger charge is -2.37. The predicted octanol–water partition coefficient (Wildman–Crippen LogP) is 4.11. The molecule has 10 heteroatoms. The van der Waals surface area contributed by atoms with Gasteiger partial charge in [0, 0.05) is 30.5 Å². The smallest absolute Gasteiger partial charge is 0.335 e. The number of aromatic nitrogens is 3. The second kappa shape index (κ2) is 10.8. The summed E-state index contributed by atoms with van der Waals surface area (Å²) < 4.78 is 13.2. The molecule has 0 bridgehead atoms. The number of pyridine rings is 1. The van der Waals surface area contributed by atoms with E-state index in [1.54, 1.807) is 6.20 Å². The topological polar surface area (TPSA) is 119 Å². The molecule has 10 nitrogen and oxygen atoms in total. The highest BCUT2D eigenvalue weighted by Gasteiger charge is 2.39. The van der Waals surface area contributed by atoms with Crippen molar-refractivity contribution in [3.8, 4) is 0 Å². The first-order chi connectivity index (χ1) is 18.7. The minimum absolute atomic E-state index is 0.0549. The quantitative estimate of drug-likeness (QED) is 0.437. The van der Waals surface area contributed by atoms with Crippen molar-refractivity contribution in [3.05, 3.63) is 51.9 Å². The average Bonchev–Trinajstić information content (AvgIpc) is 3.57. The van der Waals surface area contributed by atoms with E-state index >= 15 is 0 Å². The highest BCUT2D eigenvalue weighted by atomic mass is 16.6. The van der Waals surface area contributed by atoms with E-state index in [2.05, 4.69) is 10.3 Å². The normalized spacial score (nSPS) is 21.5. The van der Waals surface area contributed by atoms with E-state index in [0.717, 1.165) is 37.2 Å². The van der Waals surface area contributed by atoms with Gasteiger partial charge in [0.2, 0.25) is 0 Å². The van der Waals surface area contributed by atoms with Gasteiger partial charge in [-0.2, -0.15) is 5.10 Å². The van der Waals surface area contributed by atoms with Crippen LogP contribution in [-0.4, -0.2) is 63.9 Å². The number of nitrogens with zero attached hydrogens (tertiary/aromatic N) is 3. The van der Waals surface area contributed by atoms with Gasteiger partial charge in [-0.25, -0.2) is 4.79 Å². The van der Waals surface area contributed by atoms with Crippen LogP contribution < -0.4 is 10.9 Å². The molecule has 2 aliphatic rings. The van der Waals surface area contributed by atoms with Crippen LogP contribution in [0.5, 0.6) is 0 Å². The average molecular weight is 536 g/mol. The second-order valence-electron chi connectivity index (χ2n) is 11.3.